The standard InChI is InChI=1S/C21H21BrO5/c1-21(2)8-15(26)19-16(9-21)27-20-11(6-10(23)7-12(20)22)17(19)18-13(24)4-3-5-14(18)25/h6-7,17,23-24H,3-5,8-9H2,1-2H3. The van der Waals surface area contributed by atoms with Gasteiger partial charge in [0.15, 0.2) is 11.6 Å². The highest BCUT2D eigenvalue weighted by Gasteiger charge is 2.45. The number of hydrogen-bond donors (Lipinski definition) is 2. The fraction of sp³-hybridized carbons (Fsp3) is 0.429. The van der Waals surface area contributed by atoms with Gasteiger partial charge in [0.1, 0.15) is 17.3 Å². The smallest absolute Gasteiger partial charge is 0.163 e. The van der Waals surface area contributed by atoms with Crippen LogP contribution >= 0.6 is 15.9 Å². The summed E-state index contributed by atoms with van der Waals surface area (Å²) in [6.07, 6.45) is 2.27. The van der Waals surface area contributed by atoms with Crippen LogP contribution in [-0.4, -0.2) is 21.8 Å². The van der Waals surface area contributed by atoms with Crippen LogP contribution in [0.1, 0.15) is 57.4 Å². The van der Waals surface area contributed by atoms with Crippen LogP contribution in [0.5, 0.6) is 11.5 Å². The first-order chi connectivity index (χ1) is 12.7. The quantitative estimate of drug-likeness (QED) is 0.662. The summed E-state index contributed by atoms with van der Waals surface area (Å²) < 4.78 is 6.65. The molecule has 1 aliphatic heterocycles. The molecule has 5 nitrogen and oxygen atoms in total. The third kappa shape index (κ3) is 3.00. The van der Waals surface area contributed by atoms with E-state index in [-0.39, 0.29) is 34.1 Å². The minimum Gasteiger partial charge on any atom is -0.512 e. The molecule has 1 aromatic carbocycles. The third-order valence-corrected chi connectivity index (χ3v) is 6.07. The lowest BCUT2D eigenvalue weighted by Gasteiger charge is -2.39. The number of allylic oxidation sites excluding steroid dienone is 4. The molecule has 1 atom stereocenters. The summed E-state index contributed by atoms with van der Waals surface area (Å²) in [6, 6.07) is 3.04. The minimum atomic E-state index is -0.705. The maximum Gasteiger partial charge on any atom is 0.163 e. The number of halogens is 1. The van der Waals surface area contributed by atoms with Crippen molar-refractivity contribution in [3.63, 3.8) is 0 Å². The van der Waals surface area contributed by atoms with E-state index in [4.69, 9.17) is 4.74 Å². The number of ketones is 2. The second-order valence-corrected chi connectivity index (χ2v) is 9.15. The van der Waals surface area contributed by atoms with Crippen molar-refractivity contribution in [2.75, 3.05) is 0 Å². The van der Waals surface area contributed by atoms with E-state index in [2.05, 4.69) is 15.9 Å². The van der Waals surface area contributed by atoms with Gasteiger partial charge in [-0.2, -0.15) is 0 Å². The average Bonchev–Trinajstić information content (AvgIpc) is 2.53. The molecule has 2 aliphatic carbocycles. The average molecular weight is 433 g/mol. The second-order valence-electron chi connectivity index (χ2n) is 8.30. The molecule has 1 unspecified atom stereocenters. The molecule has 2 N–H and O–H groups in total. The van der Waals surface area contributed by atoms with Gasteiger partial charge in [0.2, 0.25) is 0 Å². The molecular weight excluding hydrogens is 412 g/mol. The maximum absolute atomic E-state index is 13.1. The molecule has 1 aromatic rings. The van der Waals surface area contributed by atoms with Gasteiger partial charge in [-0.15, -0.1) is 0 Å². The fourth-order valence-electron chi connectivity index (χ4n) is 4.37. The van der Waals surface area contributed by atoms with Gasteiger partial charge >= 0.3 is 0 Å². The number of aromatic hydroxyl groups is 1. The molecule has 27 heavy (non-hydrogen) atoms. The van der Waals surface area contributed by atoms with E-state index >= 15 is 0 Å². The van der Waals surface area contributed by atoms with Crippen LogP contribution in [0.3, 0.4) is 0 Å². The Labute approximate surface area is 165 Å². The van der Waals surface area contributed by atoms with E-state index in [0.29, 0.717) is 59.2 Å². The number of ether oxygens (including phenoxy) is 1. The maximum atomic E-state index is 13.1. The monoisotopic (exact) mass is 432 g/mol. The lowest BCUT2D eigenvalue weighted by atomic mass is 9.68. The van der Waals surface area contributed by atoms with Gasteiger partial charge in [0.25, 0.3) is 0 Å². The second kappa shape index (κ2) is 6.23. The number of phenols is 1. The van der Waals surface area contributed by atoms with Gasteiger partial charge in [0.05, 0.1) is 16.1 Å². The van der Waals surface area contributed by atoms with E-state index in [0.717, 1.165) is 0 Å². The van der Waals surface area contributed by atoms with E-state index in [1.165, 1.54) is 12.1 Å². The Hall–Kier alpha value is -2.08. The molecule has 4 rings (SSSR count). The first kappa shape index (κ1) is 18.3. The Balaban J connectivity index is 2.00. The summed E-state index contributed by atoms with van der Waals surface area (Å²) in [6.45, 7) is 4.02. The predicted molar refractivity (Wildman–Crippen MR) is 103 cm³/mol. The molecule has 0 bridgehead atoms. The van der Waals surface area contributed by atoms with Gasteiger partial charge in [-0.05, 0) is 39.9 Å². The fourth-order valence-corrected chi connectivity index (χ4v) is 4.91. The lowest BCUT2D eigenvalue weighted by molar-refractivity contribution is -0.118. The molecule has 0 fully saturated rings. The number of hydrogen-bond acceptors (Lipinski definition) is 5. The number of phenolic OH excluding ortho intramolecular Hbond substituents is 1. The number of fused-ring (bicyclic) bond motifs is 1. The van der Waals surface area contributed by atoms with Gasteiger partial charge < -0.3 is 14.9 Å². The highest BCUT2D eigenvalue weighted by atomic mass is 79.9. The summed E-state index contributed by atoms with van der Waals surface area (Å²) in [5.74, 6) is 0.150. The molecule has 1 heterocycles. The number of carbonyl (C=O) groups is 2. The highest BCUT2D eigenvalue weighted by Crippen LogP contribution is 2.54. The first-order valence-electron chi connectivity index (χ1n) is 9.09. The first-order valence-corrected chi connectivity index (χ1v) is 9.89. The molecule has 6 heteroatoms. The number of carbonyl (C=O) groups excluding carboxylic acids is 2. The SMILES string of the molecule is CC1(C)CC(=O)C2=C(C1)Oc1c(Br)cc(O)cc1C2C1=C(O)CCCC1=O. The third-order valence-electron chi connectivity index (χ3n) is 5.48. The molecule has 0 saturated heterocycles. The van der Waals surface area contributed by atoms with E-state index in [1.54, 1.807) is 0 Å². The Kier molecular flexibility index (Phi) is 4.22. The van der Waals surface area contributed by atoms with Crippen molar-refractivity contribution in [3.05, 3.63) is 44.8 Å². The summed E-state index contributed by atoms with van der Waals surface area (Å²) in [5, 5.41) is 20.7. The molecule has 3 aliphatic rings. The molecule has 0 saturated carbocycles. The molecule has 0 radical (unpaired) electrons. The number of aliphatic hydroxyl groups excluding tert-OH is 1. The Morgan fingerprint density at radius 3 is 2.52 bits per heavy atom. The highest BCUT2D eigenvalue weighted by molar-refractivity contribution is 9.10. The molecule has 142 valence electrons. The molecular formula is C21H21BrO5. The van der Waals surface area contributed by atoms with Crippen LogP contribution in [0.25, 0.3) is 0 Å². The van der Waals surface area contributed by atoms with Crippen molar-refractivity contribution in [2.45, 2.75) is 51.9 Å². The normalized spacial score (nSPS) is 24.5. The predicted octanol–water partition coefficient (Wildman–Crippen LogP) is 4.84. The summed E-state index contributed by atoms with van der Waals surface area (Å²) in [5.41, 5.74) is 0.999. The zero-order valence-electron chi connectivity index (χ0n) is 15.3. The van der Waals surface area contributed by atoms with Gasteiger partial charge in [0, 0.05) is 42.4 Å². The van der Waals surface area contributed by atoms with Crippen molar-refractivity contribution in [1.82, 2.24) is 0 Å². The lowest BCUT2D eigenvalue weighted by Crippen LogP contribution is -2.34. The molecule has 0 spiro atoms. The molecule has 0 amide bonds. The van der Waals surface area contributed by atoms with Crippen LogP contribution < -0.4 is 4.74 Å². The summed E-state index contributed by atoms with van der Waals surface area (Å²) in [7, 11) is 0. The van der Waals surface area contributed by atoms with Crippen LogP contribution in [0, 0.1) is 5.41 Å². The Morgan fingerprint density at radius 1 is 1.07 bits per heavy atom. The number of benzene rings is 1. The van der Waals surface area contributed by atoms with Gasteiger partial charge in [-0.1, -0.05) is 13.8 Å². The Morgan fingerprint density at radius 2 is 1.81 bits per heavy atom. The van der Waals surface area contributed by atoms with E-state index in [1.807, 2.05) is 13.8 Å². The van der Waals surface area contributed by atoms with Crippen molar-refractivity contribution in [3.8, 4) is 11.5 Å². The van der Waals surface area contributed by atoms with Gasteiger partial charge in [-0.3, -0.25) is 9.59 Å². The van der Waals surface area contributed by atoms with Crippen LogP contribution in [0.2, 0.25) is 0 Å². The number of aliphatic hydroxyl groups is 1. The number of Topliss-reactive ketones (excluding diaryl/α,β-unsaturated/α-hetero) is 2. The van der Waals surface area contributed by atoms with Crippen molar-refractivity contribution in [2.24, 2.45) is 5.41 Å². The van der Waals surface area contributed by atoms with Crippen LogP contribution in [-0.2, 0) is 9.59 Å². The van der Waals surface area contributed by atoms with Crippen molar-refractivity contribution >= 4 is 27.5 Å². The van der Waals surface area contributed by atoms with Crippen LogP contribution in [0.15, 0.2) is 39.3 Å². The van der Waals surface area contributed by atoms with Crippen LogP contribution in [0.4, 0.5) is 0 Å². The zero-order valence-corrected chi connectivity index (χ0v) is 16.9. The largest absolute Gasteiger partial charge is 0.512 e. The minimum absolute atomic E-state index is 0.00483. The van der Waals surface area contributed by atoms with Gasteiger partial charge in [-0.25, -0.2) is 0 Å². The van der Waals surface area contributed by atoms with E-state index < -0.39 is 5.92 Å². The topological polar surface area (TPSA) is 83.8 Å². The van der Waals surface area contributed by atoms with E-state index in [9.17, 15) is 19.8 Å². The number of rotatable bonds is 1. The van der Waals surface area contributed by atoms with Crippen molar-refractivity contribution < 1.29 is 24.5 Å². The summed E-state index contributed by atoms with van der Waals surface area (Å²) in [4.78, 5) is 25.8. The summed E-state index contributed by atoms with van der Waals surface area (Å²) >= 11 is 3.42. The van der Waals surface area contributed by atoms with Crippen molar-refractivity contribution in [1.29, 1.82) is 0 Å². The zero-order chi connectivity index (χ0) is 19.5. The Bertz CT molecular complexity index is 938. The molecule has 0 aromatic heterocycles.